The fourth-order valence-corrected chi connectivity index (χ4v) is 2.22. The third-order valence-electron chi connectivity index (χ3n) is 3.26. The lowest BCUT2D eigenvalue weighted by Gasteiger charge is -2.24. The van der Waals surface area contributed by atoms with Crippen LogP contribution in [0.5, 0.6) is 0 Å². The molecule has 1 aliphatic carbocycles. The number of hydrogen-bond acceptors (Lipinski definition) is 3. The molecule has 19 heavy (non-hydrogen) atoms. The van der Waals surface area contributed by atoms with Gasteiger partial charge in [0.05, 0.1) is 0 Å². The van der Waals surface area contributed by atoms with Gasteiger partial charge in [0.1, 0.15) is 11.2 Å². The number of carbonyl (C=O) groups is 2. The Balaban J connectivity index is 2.13. The predicted molar refractivity (Wildman–Crippen MR) is 59.8 cm³/mol. The summed E-state index contributed by atoms with van der Waals surface area (Å²) in [5.41, 5.74) is -1.51. The van der Waals surface area contributed by atoms with Gasteiger partial charge in [0.2, 0.25) is 0 Å². The molecule has 1 aromatic heterocycles. The minimum atomic E-state index is -2.83. The monoisotopic (exact) mass is 273 g/mol. The molecule has 1 aromatic rings. The molecule has 0 spiro atoms. The molecule has 0 bridgehead atoms. The third kappa shape index (κ3) is 2.56. The fraction of sp³-hybridized carbons (Fsp3) is 0.545. The molecule has 1 aliphatic rings. The first-order valence-electron chi connectivity index (χ1n) is 5.84. The maximum Gasteiger partial charge on any atom is 0.333 e. The summed E-state index contributed by atoms with van der Waals surface area (Å²) in [6.07, 6.45) is 3.06. The molecule has 2 rings (SSSR count). The molecular formula is C11H13F2N3O3. The first-order valence-corrected chi connectivity index (χ1v) is 5.84. The van der Waals surface area contributed by atoms with E-state index in [0.29, 0.717) is 30.4 Å². The molecule has 0 saturated heterocycles. The number of carboxylic acid groups (broad SMARTS) is 1. The van der Waals surface area contributed by atoms with E-state index in [9.17, 15) is 23.5 Å². The second-order valence-corrected chi connectivity index (χ2v) is 4.51. The molecule has 2 N–H and O–H groups in total. The van der Waals surface area contributed by atoms with E-state index in [0.717, 1.165) is 12.3 Å². The predicted octanol–water partition coefficient (Wildman–Crippen LogP) is 1.41. The van der Waals surface area contributed by atoms with Gasteiger partial charge in [-0.1, -0.05) is 12.8 Å². The van der Waals surface area contributed by atoms with Crippen molar-refractivity contribution in [2.24, 2.45) is 0 Å². The maximum absolute atomic E-state index is 12.3. The smallest absolute Gasteiger partial charge is 0.333 e. The van der Waals surface area contributed by atoms with Crippen LogP contribution in [-0.2, 0) is 4.79 Å². The average molecular weight is 273 g/mol. The highest BCUT2D eigenvalue weighted by atomic mass is 19.3. The molecule has 0 atom stereocenters. The summed E-state index contributed by atoms with van der Waals surface area (Å²) in [6.45, 7) is -2.83. The van der Waals surface area contributed by atoms with Crippen molar-refractivity contribution < 1.29 is 23.5 Å². The van der Waals surface area contributed by atoms with Gasteiger partial charge in [0, 0.05) is 6.20 Å². The highest BCUT2D eigenvalue weighted by molar-refractivity contribution is 5.96. The van der Waals surface area contributed by atoms with Gasteiger partial charge in [0.25, 0.3) is 5.91 Å². The normalized spacial score (nSPS) is 17.6. The lowest BCUT2D eigenvalue weighted by atomic mass is 9.97. The van der Waals surface area contributed by atoms with Gasteiger partial charge in [-0.2, -0.15) is 13.9 Å². The van der Waals surface area contributed by atoms with E-state index >= 15 is 0 Å². The van der Waals surface area contributed by atoms with Gasteiger partial charge < -0.3 is 10.4 Å². The highest BCUT2D eigenvalue weighted by Gasteiger charge is 2.43. The van der Waals surface area contributed by atoms with Crippen LogP contribution in [0, 0.1) is 0 Å². The van der Waals surface area contributed by atoms with Crippen molar-refractivity contribution in [3.63, 3.8) is 0 Å². The van der Waals surface area contributed by atoms with Gasteiger partial charge in [-0.3, -0.25) is 4.79 Å². The topological polar surface area (TPSA) is 84.2 Å². The second-order valence-electron chi connectivity index (χ2n) is 4.51. The molecule has 0 unspecified atom stereocenters. The van der Waals surface area contributed by atoms with Crippen LogP contribution >= 0.6 is 0 Å². The number of halogens is 2. The molecule has 1 saturated carbocycles. The van der Waals surface area contributed by atoms with Crippen molar-refractivity contribution in [2.75, 3.05) is 0 Å². The highest BCUT2D eigenvalue weighted by Crippen LogP contribution is 2.30. The molecule has 0 aromatic carbocycles. The molecule has 6 nitrogen and oxygen atoms in total. The summed E-state index contributed by atoms with van der Waals surface area (Å²) in [5.74, 6) is -1.85. The number of hydrogen-bond donors (Lipinski definition) is 2. The van der Waals surface area contributed by atoms with Gasteiger partial charge >= 0.3 is 12.5 Å². The first kappa shape index (κ1) is 13.4. The van der Waals surface area contributed by atoms with Gasteiger partial charge in [-0.05, 0) is 18.9 Å². The summed E-state index contributed by atoms with van der Waals surface area (Å²) in [7, 11) is 0. The first-order chi connectivity index (χ1) is 8.94. The average Bonchev–Trinajstić information content (AvgIpc) is 2.97. The largest absolute Gasteiger partial charge is 0.480 e. The zero-order valence-electron chi connectivity index (χ0n) is 9.97. The van der Waals surface area contributed by atoms with Crippen LogP contribution in [0.1, 0.15) is 42.7 Å². The molecule has 0 aliphatic heterocycles. The Morgan fingerprint density at radius 2 is 2.05 bits per heavy atom. The van der Waals surface area contributed by atoms with E-state index in [4.69, 9.17) is 0 Å². The summed E-state index contributed by atoms with van der Waals surface area (Å²) in [4.78, 5) is 23.1. The van der Waals surface area contributed by atoms with Crippen molar-refractivity contribution in [1.29, 1.82) is 0 Å². The second kappa shape index (κ2) is 4.94. The van der Waals surface area contributed by atoms with Gasteiger partial charge in [-0.15, -0.1) is 0 Å². The minimum absolute atomic E-state index is 0.215. The Hall–Kier alpha value is -1.99. The van der Waals surface area contributed by atoms with Crippen LogP contribution in [0.25, 0.3) is 0 Å². The number of carbonyl (C=O) groups excluding carboxylic acids is 1. The van der Waals surface area contributed by atoms with Crippen LogP contribution in [0.4, 0.5) is 8.78 Å². The van der Waals surface area contributed by atoms with Crippen molar-refractivity contribution >= 4 is 11.9 Å². The van der Waals surface area contributed by atoms with E-state index in [1.807, 2.05) is 0 Å². The van der Waals surface area contributed by atoms with Gasteiger partial charge in [-0.25, -0.2) is 9.48 Å². The molecule has 1 heterocycles. The van der Waals surface area contributed by atoms with E-state index in [-0.39, 0.29) is 5.69 Å². The maximum atomic E-state index is 12.3. The number of nitrogens with one attached hydrogen (secondary N) is 1. The minimum Gasteiger partial charge on any atom is -0.480 e. The lowest BCUT2D eigenvalue weighted by Crippen LogP contribution is -2.52. The number of alkyl halides is 2. The quantitative estimate of drug-likeness (QED) is 0.868. The molecule has 104 valence electrons. The van der Waals surface area contributed by atoms with Crippen LogP contribution in [0.15, 0.2) is 12.3 Å². The molecule has 0 radical (unpaired) electrons. The molecular weight excluding hydrogens is 260 g/mol. The number of nitrogens with zero attached hydrogens (tertiary/aromatic N) is 2. The standard InChI is InChI=1S/C11H13F2N3O3/c12-10(13)16-6-3-7(15-16)8(17)14-11(9(18)19)4-1-2-5-11/h3,6,10H,1-2,4-5H2,(H,14,17)(H,18,19). The van der Waals surface area contributed by atoms with E-state index < -0.39 is 24.0 Å². The van der Waals surface area contributed by atoms with Crippen molar-refractivity contribution in [3.8, 4) is 0 Å². The third-order valence-corrected chi connectivity index (χ3v) is 3.26. The summed E-state index contributed by atoms with van der Waals surface area (Å²) in [6, 6.07) is 1.13. The summed E-state index contributed by atoms with van der Waals surface area (Å²) >= 11 is 0. The van der Waals surface area contributed by atoms with Crippen molar-refractivity contribution in [2.45, 2.75) is 37.8 Å². The summed E-state index contributed by atoms with van der Waals surface area (Å²) in [5, 5.41) is 15.0. The Kier molecular flexibility index (Phi) is 3.50. The fourth-order valence-electron chi connectivity index (χ4n) is 2.22. The number of carboxylic acids is 1. The SMILES string of the molecule is O=C(NC1(C(=O)O)CCCC1)c1ccn(C(F)F)n1. The van der Waals surface area contributed by atoms with Crippen molar-refractivity contribution in [1.82, 2.24) is 15.1 Å². The van der Waals surface area contributed by atoms with E-state index in [1.54, 1.807) is 0 Å². The number of aromatic nitrogens is 2. The molecule has 1 amide bonds. The Labute approximate surface area is 107 Å². The zero-order chi connectivity index (χ0) is 14.0. The number of aliphatic carboxylic acids is 1. The van der Waals surface area contributed by atoms with Crippen LogP contribution in [-0.4, -0.2) is 32.3 Å². The van der Waals surface area contributed by atoms with Crippen LogP contribution in [0.2, 0.25) is 0 Å². The van der Waals surface area contributed by atoms with E-state index in [2.05, 4.69) is 10.4 Å². The van der Waals surface area contributed by atoms with Crippen LogP contribution in [0.3, 0.4) is 0 Å². The van der Waals surface area contributed by atoms with E-state index in [1.165, 1.54) is 0 Å². The lowest BCUT2D eigenvalue weighted by molar-refractivity contribution is -0.144. The molecule has 1 fully saturated rings. The Morgan fingerprint density at radius 3 is 2.53 bits per heavy atom. The van der Waals surface area contributed by atoms with Crippen molar-refractivity contribution in [3.05, 3.63) is 18.0 Å². The zero-order valence-corrected chi connectivity index (χ0v) is 9.97. The van der Waals surface area contributed by atoms with Crippen LogP contribution < -0.4 is 5.32 Å². The molecule has 8 heteroatoms. The summed E-state index contributed by atoms with van der Waals surface area (Å²) < 4.78 is 25.0. The number of rotatable bonds is 4. The number of amides is 1. The Morgan fingerprint density at radius 1 is 1.42 bits per heavy atom. The Bertz CT molecular complexity index is 495. The van der Waals surface area contributed by atoms with Gasteiger partial charge in [0.15, 0.2) is 0 Å².